The molecule has 0 aromatic rings. The van der Waals surface area contributed by atoms with Crippen LogP contribution in [0.25, 0.3) is 0 Å². The number of hydrogen-bond donors (Lipinski definition) is 3. The van der Waals surface area contributed by atoms with Gasteiger partial charge in [0.25, 0.3) is 0 Å². The summed E-state index contributed by atoms with van der Waals surface area (Å²) in [6.07, 6.45) is 90.5. The molecule has 0 aliphatic heterocycles. The van der Waals surface area contributed by atoms with Gasteiger partial charge >= 0.3 is 5.97 Å². The van der Waals surface area contributed by atoms with E-state index in [0.29, 0.717) is 25.9 Å². The monoisotopic (exact) mass is 1140 g/mol. The van der Waals surface area contributed by atoms with Gasteiger partial charge in [0.2, 0.25) is 5.91 Å². The van der Waals surface area contributed by atoms with Gasteiger partial charge in [-0.2, -0.15) is 0 Å². The van der Waals surface area contributed by atoms with Crippen LogP contribution in [-0.2, 0) is 14.3 Å². The molecule has 0 saturated carbocycles. The average Bonchev–Trinajstić information content (AvgIpc) is 3.47. The zero-order valence-electron chi connectivity index (χ0n) is 54.8. The fourth-order valence-corrected chi connectivity index (χ4v) is 11.6. The highest BCUT2D eigenvalue weighted by Gasteiger charge is 2.20. The lowest BCUT2D eigenvalue weighted by molar-refractivity contribution is -0.143. The first-order valence-corrected chi connectivity index (χ1v) is 36.7. The van der Waals surface area contributed by atoms with Gasteiger partial charge in [0, 0.05) is 12.8 Å². The lowest BCUT2D eigenvalue weighted by Crippen LogP contribution is -2.45. The topological polar surface area (TPSA) is 95.9 Å². The number of hydrogen-bond acceptors (Lipinski definition) is 5. The molecule has 0 rings (SSSR count). The largest absolute Gasteiger partial charge is 0.466 e. The molecule has 2 atom stereocenters. The van der Waals surface area contributed by atoms with Crippen molar-refractivity contribution in [3.63, 3.8) is 0 Å². The maximum absolute atomic E-state index is 12.6. The summed E-state index contributed by atoms with van der Waals surface area (Å²) >= 11 is 0. The third kappa shape index (κ3) is 67.1. The van der Waals surface area contributed by atoms with Crippen LogP contribution in [0.4, 0.5) is 0 Å². The number of aliphatic hydroxyl groups is 2. The highest BCUT2D eigenvalue weighted by Crippen LogP contribution is 2.19. The standard InChI is InChI=1S/C75H143NO5/c1-3-5-7-9-11-13-15-17-19-21-22-23-24-25-27-30-33-36-39-43-47-51-55-59-63-67-73(78)72(71-77)76-74(79)68-64-60-56-52-48-44-40-37-34-31-28-26-29-32-35-38-42-46-50-54-58-62-66-70-81-75(80)69-65-61-57-53-49-45-41-20-18-16-14-12-10-8-6-4-2/h14,16,20,31,34,41,72-73,77-78H,3-13,15,17-19,21-30,32-33,35-40,42-71H2,1-2H3,(H,76,79)/b16-14-,34-31-,41-20-. The summed E-state index contributed by atoms with van der Waals surface area (Å²) in [6.45, 7) is 4.96. The Hall–Kier alpha value is -1.92. The number of carbonyl (C=O) groups excluding carboxylic acids is 2. The van der Waals surface area contributed by atoms with Gasteiger partial charge in [-0.3, -0.25) is 9.59 Å². The Balaban J connectivity index is 3.41. The molecule has 0 spiro atoms. The summed E-state index contributed by atoms with van der Waals surface area (Å²) < 4.78 is 5.49. The summed E-state index contributed by atoms with van der Waals surface area (Å²) in [5.41, 5.74) is 0. The van der Waals surface area contributed by atoms with Gasteiger partial charge in [0.05, 0.1) is 25.4 Å². The fraction of sp³-hybridized carbons (Fsp3) is 0.893. The van der Waals surface area contributed by atoms with Crippen molar-refractivity contribution >= 4 is 11.9 Å². The molecule has 0 fully saturated rings. The molecule has 0 aromatic carbocycles. The quantitative estimate of drug-likeness (QED) is 0.0320. The van der Waals surface area contributed by atoms with Crippen LogP contribution in [0.2, 0.25) is 0 Å². The van der Waals surface area contributed by atoms with E-state index >= 15 is 0 Å². The minimum absolute atomic E-state index is 0.00117. The lowest BCUT2D eigenvalue weighted by Gasteiger charge is -2.22. The van der Waals surface area contributed by atoms with Crippen LogP contribution in [0, 0.1) is 0 Å². The van der Waals surface area contributed by atoms with Crippen LogP contribution in [0.1, 0.15) is 406 Å². The number of carbonyl (C=O) groups is 2. The van der Waals surface area contributed by atoms with Crippen molar-refractivity contribution in [2.45, 2.75) is 418 Å². The number of esters is 1. The minimum atomic E-state index is -0.671. The maximum atomic E-state index is 12.6. The van der Waals surface area contributed by atoms with Crippen molar-refractivity contribution in [3.8, 4) is 0 Å². The number of ether oxygens (including phenoxy) is 1. The van der Waals surface area contributed by atoms with Crippen molar-refractivity contribution < 1.29 is 24.5 Å². The van der Waals surface area contributed by atoms with Crippen molar-refractivity contribution in [2.75, 3.05) is 13.2 Å². The molecule has 6 heteroatoms. The van der Waals surface area contributed by atoms with Crippen molar-refractivity contribution in [1.82, 2.24) is 5.32 Å². The van der Waals surface area contributed by atoms with E-state index in [4.69, 9.17) is 4.74 Å². The molecule has 0 aromatic heterocycles. The number of aliphatic hydroxyl groups excluding tert-OH is 2. The predicted octanol–water partition coefficient (Wildman–Crippen LogP) is 23.9. The third-order valence-electron chi connectivity index (χ3n) is 17.2. The normalized spacial score (nSPS) is 12.7. The van der Waals surface area contributed by atoms with E-state index in [0.717, 1.165) is 51.4 Å². The minimum Gasteiger partial charge on any atom is -0.466 e. The number of nitrogens with one attached hydrogen (secondary N) is 1. The van der Waals surface area contributed by atoms with Crippen LogP contribution in [0.15, 0.2) is 36.5 Å². The van der Waals surface area contributed by atoms with E-state index in [1.807, 2.05) is 0 Å². The van der Waals surface area contributed by atoms with Gasteiger partial charge < -0.3 is 20.3 Å². The zero-order chi connectivity index (χ0) is 58.5. The Bertz CT molecular complexity index is 1310. The molecule has 0 heterocycles. The van der Waals surface area contributed by atoms with Gasteiger partial charge in [0.1, 0.15) is 0 Å². The summed E-state index contributed by atoms with van der Waals surface area (Å²) in [4.78, 5) is 24.6. The van der Waals surface area contributed by atoms with Gasteiger partial charge in [-0.15, -0.1) is 0 Å². The molecule has 3 N–H and O–H groups in total. The van der Waals surface area contributed by atoms with E-state index in [9.17, 15) is 19.8 Å². The van der Waals surface area contributed by atoms with Gasteiger partial charge in [-0.05, 0) is 83.5 Å². The molecule has 0 radical (unpaired) electrons. The number of amides is 1. The second-order valence-electron chi connectivity index (χ2n) is 25.3. The van der Waals surface area contributed by atoms with E-state index < -0.39 is 12.1 Å². The molecule has 6 nitrogen and oxygen atoms in total. The van der Waals surface area contributed by atoms with Gasteiger partial charge in [-0.1, -0.05) is 346 Å². The third-order valence-corrected chi connectivity index (χ3v) is 17.2. The lowest BCUT2D eigenvalue weighted by atomic mass is 10.0. The zero-order valence-corrected chi connectivity index (χ0v) is 54.8. The summed E-state index contributed by atoms with van der Waals surface area (Å²) in [6, 6.07) is -0.548. The highest BCUT2D eigenvalue weighted by atomic mass is 16.5. The molecule has 0 aliphatic carbocycles. The maximum Gasteiger partial charge on any atom is 0.305 e. The molecule has 2 unspecified atom stereocenters. The molecular formula is C75H143NO5. The van der Waals surface area contributed by atoms with Crippen LogP contribution in [-0.4, -0.2) is 47.4 Å². The second-order valence-corrected chi connectivity index (χ2v) is 25.3. The first-order chi connectivity index (χ1) is 40.0. The van der Waals surface area contributed by atoms with E-state index in [-0.39, 0.29) is 18.5 Å². The van der Waals surface area contributed by atoms with E-state index in [1.54, 1.807) is 0 Å². The highest BCUT2D eigenvalue weighted by molar-refractivity contribution is 5.76. The Morgan fingerprint density at radius 2 is 0.617 bits per heavy atom. The van der Waals surface area contributed by atoms with E-state index in [1.165, 1.54) is 321 Å². The van der Waals surface area contributed by atoms with Crippen LogP contribution < -0.4 is 5.32 Å². The van der Waals surface area contributed by atoms with Crippen molar-refractivity contribution in [3.05, 3.63) is 36.5 Å². The number of rotatable bonds is 69. The molecule has 1 amide bonds. The summed E-state index contributed by atoms with van der Waals surface area (Å²) in [5.74, 6) is -0.0381. The van der Waals surface area contributed by atoms with Gasteiger partial charge in [-0.25, -0.2) is 0 Å². The Labute approximate surface area is 506 Å². The molecule has 0 bridgehead atoms. The fourth-order valence-electron chi connectivity index (χ4n) is 11.6. The smallest absolute Gasteiger partial charge is 0.305 e. The molecule has 0 aliphatic rings. The number of allylic oxidation sites excluding steroid dienone is 6. The Kier molecular flexibility index (Phi) is 68.9. The Morgan fingerprint density at radius 1 is 0.346 bits per heavy atom. The molecular weight excluding hydrogens is 995 g/mol. The van der Waals surface area contributed by atoms with Gasteiger partial charge in [0.15, 0.2) is 0 Å². The Morgan fingerprint density at radius 3 is 0.963 bits per heavy atom. The molecule has 81 heavy (non-hydrogen) atoms. The predicted molar refractivity (Wildman–Crippen MR) is 356 cm³/mol. The first-order valence-electron chi connectivity index (χ1n) is 36.7. The summed E-state index contributed by atoms with van der Waals surface area (Å²) in [5, 5.41) is 23.5. The van der Waals surface area contributed by atoms with Crippen molar-refractivity contribution in [1.29, 1.82) is 0 Å². The second kappa shape index (κ2) is 70.6. The summed E-state index contributed by atoms with van der Waals surface area (Å²) in [7, 11) is 0. The molecule has 0 saturated heterocycles. The van der Waals surface area contributed by atoms with Crippen molar-refractivity contribution in [2.24, 2.45) is 0 Å². The number of unbranched alkanes of at least 4 members (excludes halogenated alkanes) is 52. The average molecular weight is 1140 g/mol. The van der Waals surface area contributed by atoms with Crippen LogP contribution in [0.5, 0.6) is 0 Å². The van der Waals surface area contributed by atoms with Crippen LogP contribution >= 0.6 is 0 Å². The SMILES string of the molecule is CCCCCC/C=C\C/C=C\CCCCCCCC(=O)OCCCCCCCCCCCCCC/C=C\CCCCCCCCCC(=O)NC(CO)C(O)CCCCCCCCCCCCCCCCCCCCCCCCCCC. The van der Waals surface area contributed by atoms with E-state index in [2.05, 4.69) is 55.6 Å². The first kappa shape index (κ1) is 79.1. The van der Waals surface area contributed by atoms with Crippen LogP contribution in [0.3, 0.4) is 0 Å². The molecule has 478 valence electrons.